The van der Waals surface area contributed by atoms with Crippen LogP contribution in [0.15, 0.2) is 60.9 Å². The molecule has 4 atom stereocenters. The number of amides is 4. The fraction of sp³-hybridized carbons (Fsp3) is 0.436. The van der Waals surface area contributed by atoms with Gasteiger partial charge in [0, 0.05) is 13.1 Å². The molecule has 4 amide bonds. The van der Waals surface area contributed by atoms with Gasteiger partial charge in [0.25, 0.3) is 0 Å². The number of alkyl carbamates (subject to hydrolysis) is 1. The Morgan fingerprint density at radius 2 is 1.09 bits per heavy atom. The summed E-state index contributed by atoms with van der Waals surface area (Å²) in [5.74, 6) is 0.737. The quantitative estimate of drug-likeness (QED) is 0.122. The topological polar surface area (TPSA) is 186 Å². The molecule has 6 rings (SSSR count). The van der Waals surface area contributed by atoms with Crippen LogP contribution in [0, 0.1) is 11.8 Å². The molecular formula is C39H48N8O6. The van der Waals surface area contributed by atoms with E-state index >= 15 is 0 Å². The minimum atomic E-state index is -1.21. The number of benzene rings is 2. The second-order valence-electron chi connectivity index (χ2n) is 14.4. The highest BCUT2D eigenvalue weighted by Gasteiger charge is 2.39. The van der Waals surface area contributed by atoms with Crippen LogP contribution in [0.25, 0.3) is 33.6 Å². The van der Waals surface area contributed by atoms with Crippen LogP contribution in [0.5, 0.6) is 0 Å². The number of rotatable bonds is 11. The lowest BCUT2D eigenvalue weighted by Crippen LogP contribution is -2.51. The summed E-state index contributed by atoms with van der Waals surface area (Å²) in [6, 6.07) is 14.4. The van der Waals surface area contributed by atoms with Crippen molar-refractivity contribution in [3.63, 3.8) is 0 Å². The van der Waals surface area contributed by atoms with Crippen molar-refractivity contribution in [1.82, 2.24) is 40.4 Å². The Labute approximate surface area is 308 Å². The maximum absolute atomic E-state index is 13.5. The minimum absolute atomic E-state index is 0.107. The number of aromatic nitrogens is 4. The van der Waals surface area contributed by atoms with Crippen LogP contribution in [0.4, 0.5) is 9.59 Å². The first-order chi connectivity index (χ1) is 25.4. The molecule has 2 aliphatic rings. The summed E-state index contributed by atoms with van der Waals surface area (Å²) < 4.78 is 4.75. The number of hydrogen-bond acceptors (Lipinski definition) is 7. The molecule has 4 heterocycles. The highest BCUT2D eigenvalue weighted by molar-refractivity contribution is 5.87. The fourth-order valence-corrected chi connectivity index (χ4v) is 7.32. The van der Waals surface area contributed by atoms with E-state index < -0.39 is 24.3 Å². The van der Waals surface area contributed by atoms with Gasteiger partial charge in [-0.15, -0.1) is 0 Å². The first-order valence-electron chi connectivity index (χ1n) is 18.2. The van der Waals surface area contributed by atoms with Crippen molar-refractivity contribution in [3.05, 3.63) is 72.6 Å². The van der Waals surface area contributed by atoms with Gasteiger partial charge < -0.3 is 40.2 Å². The predicted octanol–water partition coefficient (Wildman–Crippen LogP) is 6.13. The van der Waals surface area contributed by atoms with Crippen LogP contribution in [-0.4, -0.2) is 91.1 Å². The van der Waals surface area contributed by atoms with Gasteiger partial charge in [-0.1, -0.05) is 76.2 Å². The molecule has 5 N–H and O–H groups in total. The highest BCUT2D eigenvalue weighted by Crippen LogP contribution is 2.35. The fourth-order valence-electron chi connectivity index (χ4n) is 7.32. The average Bonchev–Trinajstić information content (AvgIpc) is 3.98. The largest absolute Gasteiger partial charge is 0.465 e. The molecule has 0 bridgehead atoms. The van der Waals surface area contributed by atoms with E-state index in [2.05, 4.69) is 54.8 Å². The van der Waals surface area contributed by atoms with Crippen molar-refractivity contribution in [1.29, 1.82) is 0 Å². The van der Waals surface area contributed by atoms with Crippen molar-refractivity contribution in [2.24, 2.45) is 11.8 Å². The maximum atomic E-state index is 13.5. The zero-order valence-corrected chi connectivity index (χ0v) is 30.8. The number of methoxy groups -OCH3 is 1. The molecule has 1 unspecified atom stereocenters. The van der Waals surface area contributed by atoms with Gasteiger partial charge in [0.2, 0.25) is 11.8 Å². The summed E-state index contributed by atoms with van der Waals surface area (Å²) in [6.07, 6.45) is 4.91. The SMILES string of the molecule is COC(=O)N[C@@H](C(=O)N1CCCC1c1ncc(-c2ccc(-c3ccc(-c4cnc([C@H]5CCCN5C(=O)[C@@H](NC(=O)O)C(C)C)[nH]4)cc3)cc2)[nH]1)C(C)C. The molecule has 53 heavy (non-hydrogen) atoms. The van der Waals surface area contributed by atoms with Crippen LogP contribution in [0.1, 0.15) is 77.1 Å². The van der Waals surface area contributed by atoms with Gasteiger partial charge in [0.1, 0.15) is 23.7 Å². The van der Waals surface area contributed by atoms with Gasteiger partial charge in [-0.2, -0.15) is 0 Å². The Morgan fingerprint density at radius 3 is 1.47 bits per heavy atom. The summed E-state index contributed by atoms with van der Waals surface area (Å²) in [5.41, 5.74) is 5.70. The van der Waals surface area contributed by atoms with Crippen molar-refractivity contribution < 1.29 is 29.0 Å². The number of ether oxygens (including phenoxy) is 1. The Hall–Kier alpha value is -5.66. The van der Waals surface area contributed by atoms with Gasteiger partial charge in [-0.3, -0.25) is 9.59 Å². The van der Waals surface area contributed by atoms with Gasteiger partial charge in [0.15, 0.2) is 0 Å². The molecule has 0 radical (unpaired) electrons. The van der Waals surface area contributed by atoms with Crippen molar-refractivity contribution >= 4 is 24.0 Å². The van der Waals surface area contributed by atoms with Crippen LogP contribution < -0.4 is 10.6 Å². The Kier molecular flexibility index (Phi) is 11.2. The lowest BCUT2D eigenvalue weighted by molar-refractivity contribution is -0.136. The lowest BCUT2D eigenvalue weighted by atomic mass is 10.0. The standard InChI is InChI=1S/C39H48N8O6/c1-22(2)32(44-38(50)51)36(48)46-18-6-8-30(46)34-40-20-28(42-34)26-14-10-24(11-15-26)25-12-16-27(17-13-25)29-21-41-35(43-29)31-9-7-19-47(31)37(49)33(23(3)4)45-39(52)53-5/h10-17,20-23,30-33,44H,6-9,18-19H2,1-5H3,(H,40,42)(H,41,43)(H,45,52)(H,50,51)/t30-,31?,32+,33-/m1/s1. The minimum Gasteiger partial charge on any atom is -0.465 e. The van der Waals surface area contributed by atoms with Crippen LogP contribution in [0.2, 0.25) is 0 Å². The molecule has 2 saturated heterocycles. The van der Waals surface area contributed by atoms with Crippen LogP contribution in [-0.2, 0) is 14.3 Å². The first-order valence-corrected chi connectivity index (χ1v) is 18.2. The van der Waals surface area contributed by atoms with E-state index in [1.165, 1.54) is 7.11 Å². The predicted molar refractivity (Wildman–Crippen MR) is 198 cm³/mol. The third-order valence-electron chi connectivity index (χ3n) is 10.2. The van der Waals surface area contributed by atoms with Gasteiger partial charge in [-0.25, -0.2) is 19.6 Å². The Balaban J connectivity index is 1.11. The lowest BCUT2D eigenvalue weighted by Gasteiger charge is -2.30. The molecule has 2 aromatic carbocycles. The summed E-state index contributed by atoms with van der Waals surface area (Å²) >= 11 is 0. The molecule has 2 aromatic heterocycles. The van der Waals surface area contributed by atoms with E-state index in [0.717, 1.165) is 65.1 Å². The first kappa shape index (κ1) is 37.1. The van der Waals surface area contributed by atoms with Crippen molar-refractivity contribution in [3.8, 4) is 33.6 Å². The molecule has 14 heteroatoms. The molecule has 0 saturated carbocycles. The van der Waals surface area contributed by atoms with Crippen molar-refractivity contribution in [2.45, 2.75) is 77.5 Å². The zero-order chi connectivity index (χ0) is 37.8. The molecule has 14 nitrogen and oxygen atoms in total. The van der Waals surface area contributed by atoms with Gasteiger partial charge in [-0.05, 0) is 59.8 Å². The van der Waals surface area contributed by atoms with Crippen LogP contribution in [0.3, 0.4) is 0 Å². The zero-order valence-electron chi connectivity index (χ0n) is 30.8. The van der Waals surface area contributed by atoms with Gasteiger partial charge >= 0.3 is 12.2 Å². The van der Waals surface area contributed by atoms with E-state index in [1.807, 2.05) is 52.0 Å². The second-order valence-corrected chi connectivity index (χ2v) is 14.4. The molecule has 2 aliphatic heterocycles. The second kappa shape index (κ2) is 15.9. The van der Waals surface area contributed by atoms with E-state index in [0.29, 0.717) is 18.9 Å². The maximum Gasteiger partial charge on any atom is 0.407 e. The molecule has 0 spiro atoms. The Morgan fingerprint density at radius 1 is 0.698 bits per heavy atom. The third kappa shape index (κ3) is 8.06. The van der Waals surface area contributed by atoms with Gasteiger partial charge in [0.05, 0.1) is 43.0 Å². The number of H-pyrrole nitrogens is 2. The van der Waals surface area contributed by atoms with E-state index in [9.17, 15) is 24.3 Å². The average molecular weight is 725 g/mol. The van der Waals surface area contributed by atoms with E-state index in [-0.39, 0.29) is 35.7 Å². The number of carbonyl (C=O) groups excluding carboxylic acids is 3. The number of nitrogens with one attached hydrogen (secondary N) is 4. The molecular weight excluding hydrogens is 676 g/mol. The normalized spacial score (nSPS) is 18.3. The summed E-state index contributed by atoms with van der Waals surface area (Å²) in [5, 5.41) is 14.3. The smallest absolute Gasteiger partial charge is 0.407 e. The molecule has 4 aromatic rings. The van der Waals surface area contributed by atoms with Crippen molar-refractivity contribution in [2.75, 3.05) is 20.2 Å². The van der Waals surface area contributed by atoms with E-state index in [1.54, 1.807) is 22.2 Å². The third-order valence-corrected chi connectivity index (χ3v) is 10.2. The summed E-state index contributed by atoms with van der Waals surface area (Å²) in [6.45, 7) is 8.59. The molecule has 2 fully saturated rings. The number of aromatic amines is 2. The number of nitrogens with zero attached hydrogens (tertiary/aromatic N) is 4. The van der Waals surface area contributed by atoms with E-state index in [4.69, 9.17) is 4.74 Å². The van der Waals surface area contributed by atoms with Crippen LogP contribution >= 0.6 is 0 Å². The number of imidazole rings is 2. The molecule has 280 valence electrons. The Bertz CT molecular complexity index is 1920. The number of carbonyl (C=O) groups is 4. The number of hydrogen-bond donors (Lipinski definition) is 5. The highest BCUT2D eigenvalue weighted by atomic mass is 16.5. The number of likely N-dealkylation sites (tertiary alicyclic amines) is 2. The summed E-state index contributed by atoms with van der Waals surface area (Å²) in [7, 11) is 1.29. The summed E-state index contributed by atoms with van der Waals surface area (Å²) in [4.78, 5) is 69.8. The molecule has 0 aliphatic carbocycles. The number of carboxylic acid groups (broad SMARTS) is 1. The monoisotopic (exact) mass is 724 g/mol.